The van der Waals surface area contributed by atoms with Gasteiger partial charge in [0, 0.05) is 24.0 Å². The minimum absolute atomic E-state index is 0.0821. The number of aliphatic hydroxyl groups is 1. The zero-order valence-electron chi connectivity index (χ0n) is 20.2. The number of halogens is 3. The minimum Gasteiger partial charge on any atom is -0.485 e. The van der Waals surface area contributed by atoms with Crippen LogP contribution in [0.25, 0.3) is 0 Å². The molecule has 36 heavy (non-hydrogen) atoms. The van der Waals surface area contributed by atoms with Gasteiger partial charge in [0.1, 0.15) is 34.5 Å². The van der Waals surface area contributed by atoms with Crippen molar-refractivity contribution in [3.8, 4) is 5.75 Å². The molecule has 190 valence electrons. The third-order valence-electron chi connectivity index (χ3n) is 5.98. The highest BCUT2D eigenvalue weighted by Gasteiger charge is 2.29. The largest absolute Gasteiger partial charge is 0.485 e. The number of ether oxygens (including phenoxy) is 1. The molecule has 3 aromatic rings. The number of aryl methyl sites for hydroxylation is 1. The molecule has 0 aliphatic carbocycles. The lowest BCUT2D eigenvalue weighted by Gasteiger charge is -2.32. The predicted molar refractivity (Wildman–Crippen MR) is 129 cm³/mol. The molecule has 0 saturated heterocycles. The van der Waals surface area contributed by atoms with Crippen molar-refractivity contribution in [2.75, 3.05) is 0 Å². The van der Waals surface area contributed by atoms with E-state index in [4.69, 9.17) is 16.3 Å². The van der Waals surface area contributed by atoms with Crippen molar-refractivity contribution in [2.24, 2.45) is 0 Å². The lowest BCUT2D eigenvalue weighted by molar-refractivity contribution is 0.0682. The Hall–Kier alpha value is -3.37. The van der Waals surface area contributed by atoms with E-state index >= 15 is 0 Å². The zero-order chi connectivity index (χ0) is 26.2. The maximum absolute atomic E-state index is 13.9. The van der Waals surface area contributed by atoms with Crippen LogP contribution in [0.4, 0.5) is 8.78 Å². The second-order valence-corrected chi connectivity index (χ2v) is 9.61. The van der Waals surface area contributed by atoms with E-state index in [9.17, 15) is 18.7 Å². The van der Waals surface area contributed by atoms with Crippen molar-refractivity contribution in [1.29, 1.82) is 0 Å². The maximum Gasteiger partial charge on any atom is 0.273 e. The number of nitrogens with zero attached hydrogens (tertiary/aromatic N) is 4. The Bertz CT molecular complexity index is 1390. The number of hydrogen-bond donors (Lipinski definition) is 2. The van der Waals surface area contributed by atoms with Crippen LogP contribution >= 0.6 is 11.6 Å². The van der Waals surface area contributed by atoms with Crippen molar-refractivity contribution in [3.05, 3.63) is 92.3 Å². The summed E-state index contributed by atoms with van der Waals surface area (Å²) >= 11 is 6.38. The van der Waals surface area contributed by atoms with Gasteiger partial charge in [-0.3, -0.25) is 9.78 Å². The molecule has 0 radical (unpaired) electrons. The SMILES string of the molecule is CC1=CN[C@@H](c2ccnc(C(C)(C)O)n2)C[C@H]1n1c(C)cc(OCc2ncc(F)cc2F)c(Cl)c1=O. The topological polar surface area (TPSA) is 102 Å². The summed E-state index contributed by atoms with van der Waals surface area (Å²) in [5.74, 6) is -1.27. The Kier molecular flexibility index (Phi) is 7.10. The third kappa shape index (κ3) is 5.24. The van der Waals surface area contributed by atoms with E-state index in [1.807, 2.05) is 13.1 Å². The first kappa shape index (κ1) is 25.7. The van der Waals surface area contributed by atoms with Gasteiger partial charge in [-0.05, 0) is 52.0 Å². The number of pyridine rings is 2. The first-order valence-electron chi connectivity index (χ1n) is 11.3. The van der Waals surface area contributed by atoms with Gasteiger partial charge in [-0.25, -0.2) is 18.7 Å². The average molecular weight is 518 g/mol. The van der Waals surface area contributed by atoms with E-state index < -0.39 is 22.8 Å². The molecular weight excluding hydrogens is 492 g/mol. The summed E-state index contributed by atoms with van der Waals surface area (Å²) in [6, 6.07) is 3.51. The summed E-state index contributed by atoms with van der Waals surface area (Å²) in [7, 11) is 0. The Morgan fingerprint density at radius 3 is 2.72 bits per heavy atom. The minimum atomic E-state index is -1.20. The van der Waals surface area contributed by atoms with Crippen molar-refractivity contribution in [2.45, 2.75) is 58.4 Å². The van der Waals surface area contributed by atoms with Gasteiger partial charge in [-0.15, -0.1) is 0 Å². The second kappa shape index (κ2) is 9.94. The van der Waals surface area contributed by atoms with Crippen LogP contribution < -0.4 is 15.6 Å². The quantitative estimate of drug-likeness (QED) is 0.503. The highest BCUT2D eigenvalue weighted by Crippen LogP contribution is 2.34. The Balaban J connectivity index is 1.61. The molecule has 0 spiro atoms. The van der Waals surface area contributed by atoms with E-state index in [0.29, 0.717) is 29.7 Å². The zero-order valence-corrected chi connectivity index (χ0v) is 21.0. The number of allylic oxidation sites excluding steroid dienone is 1. The number of rotatable bonds is 6. The fourth-order valence-corrected chi connectivity index (χ4v) is 4.26. The Morgan fingerprint density at radius 1 is 1.28 bits per heavy atom. The second-order valence-electron chi connectivity index (χ2n) is 9.23. The molecule has 0 aromatic carbocycles. The van der Waals surface area contributed by atoms with Crippen LogP contribution in [-0.4, -0.2) is 24.6 Å². The van der Waals surface area contributed by atoms with Crippen molar-refractivity contribution < 1.29 is 18.6 Å². The van der Waals surface area contributed by atoms with Crippen molar-refractivity contribution in [3.63, 3.8) is 0 Å². The van der Waals surface area contributed by atoms with E-state index in [0.717, 1.165) is 11.8 Å². The van der Waals surface area contributed by atoms with E-state index in [-0.39, 0.29) is 35.2 Å². The number of aromatic nitrogens is 4. The van der Waals surface area contributed by atoms with Crippen LogP contribution in [0.1, 0.15) is 62.2 Å². The number of nitrogens with one attached hydrogen (secondary N) is 1. The summed E-state index contributed by atoms with van der Waals surface area (Å²) in [6.45, 7) is 6.57. The molecule has 4 heterocycles. The molecule has 2 atom stereocenters. The van der Waals surface area contributed by atoms with Gasteiger partial charge < -0.3 is 19.7 Å². The van der Waals surface area contributed by atoms with Crippen LogP contribution in [0.3, 0.4) is 0 Å². The molecule has 8 nitrogen and oxygen atoms in total. The average Bonchev–Trinajstić information content (AvgIpc) is 2.82. The highest BCUT2D eigenvalue weighted by molar-refractivity contribution is 6.31. The summed E-state index contributed by atoms with van der Waals surface area (Å²) in [5.41, 5.74) is 0.420. The lowest BCUT2D eigenvalue weighted by Crippen LogP contribution is -2.35. The van der Waals surface area contributed by atoms with E-state index in [1.165, 1.54) is 0 Å². The van der Waals surface area contributed by atoms with Crippen molar-refractivity contribution >= 4 is 11.6 Å². The summed E-state index contributed by atoms with van der Waals surface area (Å²) in [5, 5.41) is 13.4. The van der Waals surface area contributed by atoms with Gasteiger partial charge in [0.25, 0.3) is 5.56 Å². The first-order valence-corrected chi connectivity index (χ1v) is 11.7. The molecule has 4 rings (SSSR count). The van der Waals surface area contributed by atoms with Crippen molar-refractivity contribution in [1.82, 2.24) is 24.8 Å². The van der Waals surface area contributed by atoms with Gasteiger partial charge in [0.15, 0.2) is 11.6 Å². The highest BCUT2D eigenvalue weighted by atomic mass is 35.5. The molecule has 0 bridgehead atoms. The van der Waals surface area contributed by atoms with Gasteiger partial charge in [-0.1, -0.05) is 11.6 Å². The molecule has 1 aliphatic rings. The van der Waals surface area contributed by atoms with Gasteiger partial charge >= 0.3 is 0 Å². The van der Waals surface area contributed by atoms with Crippen LogP contribution in [-0.2, 0) is 12.2 Å². The van der Waals surface area contributed by atoms with Crippen LogP contribution in [0, 0.1) is 18.6 Å². The predicted octanol–water partition coefficient (Wildman–Crippen LogP) is 4.26. The molecule has 3 aromatic heterocycles. The molecule has 0 amide bonds. The summed E-state index contributed by atoms with van der Waals surface area (Å²) < 4.78 is 34.2. The van der Waals surface area contributed by atoms with E-state index in [2.05, 4.69) is 20.3 Å². The molecular formula is C25H26ClF2N5O3. The fourth-order valence-electron chi connectivity index (χ4n) is 4.06. The summed E-state index contributed by atoms with van der Waals surface area (Å²) in [6.07, 6.45) is 4.80. The Labute approximate surface area is 211 Å². The van der Waals surface area contributed by atoms with Gasteiger partial charge in [-0.2, -0.15) is 0 Å². The number of hydrogen-bond acceptors (Lipinski definition) is 7. The van der Waals surface area contributed by atoms with Gasteiger partial charge in [0.2, 0.25) is 0 Å². The fraction of sp³-hybridized carbons (Fsp3) is 0.360. The van der Waals surface area contributed by atoms with Gasteiger partial charge in [0.05, 0.1) is 24.0 Å². The normalized spacial score (nSPS) is 17.9. The smallest absolute Gasteiger partial charge is 0.273 e. The van der Waals surface area contributed by atoms with Crippen LogP contribution in [0.15, 0.2) is 47.2 Å². The van der Waals surface area contributed by atoms with E-state index in [1.54, 1.807) is 43.7 Å². The molecule has 11 heteroatoms. The standard InChI is InChI=1S/C25H26ClF2N5O3/c1-13-10-30-18(17-5-6-29-24(32-17)25(3,4)35)9-20(13)33-14(2)7-21(22(26)23(33)34)36-12-19-16(28)8-15(27)11-31-19/h5-8,10-11,18,20,30,35H,9,12H2,1-4H3/t18-,20-/m1/s1. The molecule has 0 fully saturated rings. The molecule has 0 unspecified atom stereocenters. The van der Waals surface area contributed by atoms with Crippen LogP contribution in [0.5, 0.6) is 5.75 Å². The molecule has 1 aliphatic heterocycles. The first-order chi connectivity index (χ1) is 17.0. The summed E-state index contributed by atoms with van der Waals surface area (Å²) in [4.78, 5) is 25.7. The molecule has 0 saturated carbocycles. The monoisotopic (exact) mass is 517 g/mol. The maximum atomic E-state index is 13.9. The lowest BCUT2D eigenvalue weighted by atomic mass is 9.94. The third-order valence-corrected chi connectivity index (χ3v) is 6.33. The van der Waals surface area contributed by atoms with Crippen LogP contribution in [0.2, 0.25) is 5.02 Å². The Morgan fingerprint density at radius 2 is 2.03 bits per heavy atom. The molecule has 2 N–H and O–H groups in total.